The van der Waals surface area contributed by atoms with Crippen LogP contribution in [0.4, 0.5) is 0 Å². The molecule has 1 atom stereocenters. The van der Waals surface area contributed by atoms with Gasteiger partial charge in [-0.25, -0.2) is 4.98 Å². The Morgan fingerprint density at radius 1 is 1.43 bits per heavy atom. The summed E-state index contributed by atoms with van der Waals surface area (Å²) in [6.45, 7) is 2.86. The minimum Gasteiger partial charge on any atom is -0.344 e. The van der Waals surface area contributed by atoms with Crippen LogP contribution in [0.5, 0.6) is 0 Å². The first-order chi connectivity index (χ1) is 10.1. The number of aromatic nitrogens is 2. The Kier molecular flexibility index (Phi) is 3.89. The van der Waals surface area contributed by atoms with Gasteiger partial charge in [-0.2, -0.15) is 0 Å². The standard InChI is InChI=1S/C16H20ClN3O/c1-11-4-3-5-13-16(11)20(14(18-13)8-9-17)12-6-7-15(21)19(2)10-12/h3-5,12H,6-10H2,1-2H3. The van der Waals surface area contributed by atoms with Gasteiger partial charge in [-0.3, -0.25) is 4.79 Å². The van der Waals surface area contributed by atoms with Crippen LogP contribution >= 0.6 is 11.6 Å². The molecular formula is C16H20ClN3O. The molecule has 1 aliphatic rings. The molecule has 2 aromatic rings. The Labute approximate surface area is 129 Å². The first-order valence-corrected chi connectivity index (χ1v) is 7.91. The molecule has 1 aromatic carbocycles. The molecule has 1 aromatic heterocycles. The number of halogens is 1. The summed E-state index contributed by atoms with van der Waals surface area (Å²) in [7, 11) is 1.88. The highest BCUT2D eigenvalue weighted by molar-refractivity contribution is 6.17. The van der Waals surface area contributed by atoms with Crippen LogP contribution in [0.2, 0.25) is 0 Å². The Morgan fingerprint density at radius 3 is 2.95 bits per heavy atom. The molecule has 4 nitrogen and oxygen atoms in total. The largest absolute Gasteiger partial charge is 0.344 e. The van der Waals surface area contributed by atoms with E-state index < -0.39 is 0 Å². The predicted octanol–water partition coefficient (Wildman–Crippen LogP) is 2.92. The number of piperidine rings is 1. The van der Waals surface area contributed by atoms with Crippen molar-refractivity contribution in [3.63, 3.8) is 0 Å². The van der Waals surface area contributed by atoms with E-state index in [1.807, 2.05) is 24.1 Å². The van der Waals surface area contributed by atoms with Crippen LogP contribution in [0.1, 0.15) is 30.3 Å². The molecule has 0 bridgehead atoms. The molecule has 21 heavy (non-hydrogen) atoms. The van der Waals surface area contributed by atoms with Crippen LogP contribution in [0.25, 0.3) is 11.0 Å². The molecule has 1 amide bonds. The van der Waals surface area contributed by atoms with Crippen LogP contribution < -0.4 is 0 Å². The van der Waals surface area contributed by atoms with E-state index >= 15 is 0 Å². The second-order valence-electron chi connectivity index (χ2n) is 5.75. The van der Waals surface area contributed by atoms with Crippen LogP contribution in [0.15, 0.2) is 18.2 Å². The lowest BCUT2D eigenvalue weighted by molar-refractivity contribution is -0.132. The number of fused-ring (bicyclic) bond motifs is 1. The normalized spacial score (nSPS) is 19.5. The van der Waals surface area contributed by atoms with Gasteiger partial charge in [0.15, 0.2) is 0 Å². The third kappa shape index (κ3) is 2.53. The number of imidazole rings is 1. The summed E-state index contributed by atoms with van der Waals surface area (Å²) in [6, 6.07) is 6.49. The predicted molar refractivity (Wildman–Crippen MR) is 84.8 cm³/mol. The lowest BCUT2D eigenvalue weighted by atomic mass is 10.0. The number of hydrogen-bond donors (Lipinski definition) is 0. The van der Waals surface area contributed by atoms with Gasteiger partial charge >= 0.3 is 0 Å². The van der Waals surface area contributed by atoms with Gasteiger partial charge in [0.2, 0.25) is 5.91 Å². The van der Waals surface area contributed by atoms with Gasteiger partial charge in [-0.05, 0) is 25.0 Å². The molecular weight excluding hydrogens is 286 g/mol. The fourth-order valence-electron chi connectivity index (χ4n) is 3.22. The third-order valence-electron chi connectivity index (χ3n) is 4.27. The Hall–Kier alpha value is -1.55. The van der Waals surface area contributed by atoms with Crippen LogP contribution in [0.3, 0.4) is 0 Å². The molecule has 1 fully saturated rings. The second kappa shape index (κ2) is 5.68. The lowest BCUT2D eigenvalue weighted by Gasteiger charge is -2.32. The fourth-order valence-corrected chi connectivity index (χ4v) is 3.39. The summed E-state index contributed by atoms with van der Waals surface area (Å²) in [4.78, 5) is 18.3. The fraction of sp³-hybridized carbons (Fsp3) is 0.500. The maximum Gasteiger partial charge on any atom is 0.222 e. The smallest absolute Gasteiger partial charge is 0.222 e. The van der Waals surface area contributed by atoms with Crippen molar-refractivity contribution in [2.24, 2.45) is 0 Å². The van der Waals surface area contributed by atoms with E-state index in [9.17, 15) is 4.79 Å². The first kappa shape index (κ1) is 14.4. The molecule has 0 spiro atoms. The minimum absolute atomic E-state index is 0.228. The molecule has 5 heteroatoms. The number of nitrogens with zero attached hydrogens (tertiary/aromatic N) is 3. The molecule has 3 rings (SSSR count). The van der Waals surface area contributed by atoms with E-state index in [0.717, 1.165) is 30.7 Å². The molecule has 1 aliphatic heterocycles. The number of likely N-dealkylation sites (tertiary alicyclic amines) is 1. The summed E-state index contributed by atoms with van der Waals surface area (Å²) >= 11 is 5.95. The van der Waals surface area contributed by atoms with Crippen molar-refractivity contribution in [2.45, 2.75) is 32.2 Å². The van der Waals surface area contributed by atoms with E-state index in [4.69, 9.17) is 16.6 Å². The van der Waals surface area contributed by atoms with Gasteiger partial charge in [-0.15, -0.1) is 11.6 Å². The number of rotatable bonds is 3. The van der Waals surface area contributed by atoms with Gasteiger partial charge in [0, 0.05) is 32.3 Å². The lowest BCUT2D eigenvalue weighted by Crippen LogP contribution is -2.38. The number of hydrogen-bond acceptors (Lipinski definition) is 2. The van der Waals surface area contributed by atoms with Crippen molar-refractivity contribution in [1.29, 1.82) is 0 Å². The summed E-state index contributed by atoms with van der Waals surface area (Å²) in [5.74, 6) is 1.82. The van der Waals surface area contributed by atoms with E-state index in [2.05, 4.69) is 17.6 Å². The zero-order valence-corrected chi connectivity index (χ0v) is 13.2. The number of alkyl halides is 1. The van der Waals surface area contributed by atoms with Crippen LogP contribution in [0, 0.1) is 6.92 Å². The Balaban J connectivity index is 2.10. The molecule has 112 valence electrons. The highest BCUT2D eigenvalue weighted by Gasteiger charge is 2.27. The number of carbonyl (C=O) groups excluding carboxylic acids is 1. The Bertz CT molecular complexity index is 679. The van der Waals surface area contributed by atoms with Gasteiger partial charge in [0.05, 0.1) is 17.1 Å². The molecule has 0 radical (unpaired) electrons. The zero-order chi connectivity index (χ0) is 15.0. The van der Waals surface area contributed by atoms with Crippen molar-refractivity contribution >= 4 is 28.5 Å². The maximum atomic E-state index is 11.7. The average Bonchev–Trinajstić information content (AvgIpc) is 2.82. The van der Waals surface area contributed by atoms with Gasteiger partial charge in [0.1, 0.15) is 5.82 Å². The highest BCUT2D eigenvalue weighted by Crippen LogP contribution is 2.30. The average molecular weight is 306 g/mol. The van der Waals surface area contributed by atoms with E-state index in [0.29, 0.717) is 12.3 Å². The summed E-state index contributed by atoms with van der Waals surface area (Å²) in [5.41, 5.74) is 3.43. The number of aryl methyl sites for hydroxylation is 2. The van der Waals surface area contributed by atoms with Crippen molar-refractivity contribution in [3.8, 4) is 0 Å². The summed E-state index contributed by atoms with van der Waals surface area (Å²) < 4.78 is 2.32. The van der Waals surface area contributed by atoms with Gasteiger partial charge < -0.3 is 9.47 Å². The zero-order valence-electron chi connectivity index (χ0n) is 12.5. The van der Waals surface area contributed by atoms with E-state index in [1.165, 1.54) is 11.1 Å². The van der Waals surface area contributed by atoms with Crippen molar-refractivity contribution in [2.75, 3.05) is 19.5 Å². The molecule has 0 N–H and O–H groups in total. The van der Waals surface area contributed by atoms with Crippen molar-refractivity contribution in [1.82, 2.24) is 14.5 Å². The minimum atomic E-state index is 0.228. The number of benzene rings is 1. The first-order valence-electron chi connectivity index (χ1n) is 7.38. The summed E-state index contributed by atoms with van der Waals surface area (Å²) in [5, 5.41) is 0. The topological polar surface area (TPSA) is 38.1 Å². The van der Waals surface area contributed by atoms with Crippen LogP contribution in [-0.4, -0.2) is 39.8 Å². The molecule has 1 unspecified atom stereocenters. The van der Waals surface area contributed by atoms with Crippen molar-refractivity contribution in [3.05, 3.63) is 29.6 Å². The van der Waals surface area contributed by atoms with Gasteiger partial charge in [-0.1, -0.05) is 12.1 Å². The summed E-state index contributed by atoms with van der Waals surface area (Å²) in [6.07, 6.45) is 2.23. The molecule has 0 aliphatic carbocycles. The van der Waals surface area contributed by atoms with E-state index in [1.54, 1.807) is 0 Å². The molecule has 2 heterocycles. The number of likely N-dealkylation sites (N-methyl/N-ethyl adjacent to an activating group) is 1. The maximum absolute atomic E-state index is 11.7. The Morgan fingerprint density at radius 2 is 2.24 bits per heavy atom. The number of carbonyl (C=O) groups is 1. The number of amides is 1. The quantitative estimate of drug-likeness (QED) is 0.818. The monoisotopic (exact) mass is 305 g/mol. The van der Waals surface area contributed by atoms with E-state index in [-0.39, 0.29) is 11.9 Å². The SMILES string of the molecule is Cc1cccc2nc(CCCl)n(C3CCC(=O)N(C)C3)c12. The molecule has 1 saturated heterocycles. The number of para-hydroxylation sites is 1. The highest BCUT2D eigenvalue weighted by atomic mass is 35.5. The second-order valence-corrected chi connectivity index (χ2v) is 6.12. The van der Waals surface area contributed by atoms with Gasteiger partial charge in [0.25, 0.3) is 0 Å². The van der Waals surface area contributed by atoms with Crippen molar-refractivity contribution < 1.29 is 4.79 Å². The third-order valence-corrected chi connectivity index (χ3v) is 4.46. The van der Waals surface area contributed by atoms with Crippen LogP contribution in [-0.2, 0) is 11.2 Å². The molecule has 0 saturated carbocycles.